The Morgan fingerprint density at radius 3 is 1.70 bits per heavy atom. The molecule has 0 unspecified atom stereocenters. The third kappa shape index (κ3) is 2.17. The maximum Gasteiger partial charge on any atom is -0.00137 e. The van der Waals surface area contributed by atoms with Gasteiger partial charge in [0.15, 0.2) is 0 Å². The summed E-state index contributed by atoms with van der Waals surface area (Å²) in [6.45, 7) is 0. The summed E-state index contributed by atoms with van der Waals surface area (Å²) in [5.74, 6) is 0. The Balaban J connectivity index is 1.65. The molecule has 0 N–H and O–H groups in total. The van der Waals surface area contributed by atoms with Crippen molar-refractivity contribution in [2.24, 2.45) is 0 Å². The molecule has 0 radical (unpaired) electrons. The number of benzene rings is 5. The topological polar surface area (TPSA) is 0 Å². The van der Waals surface area contributed by atoms with Gasteiger partial charge in [-0.3, -0.25) is 0 Å². The van der Waals surface area contributed by atoms with Crippen LogP contribution >= 0.6 is 0 Å². The van der Waals surface area contributed by atoms with Crippen LogP contribution < -0.4 is 0 Å². The zero-order chi connectivity index (χ0) is 17.8. The quantitative estimate of drug-likeness (QED) is 0.282. The molecule has 0 heterocycles. The van der Waals surface area contributed by atoms with Crippen LogP contribution in [0.15, 0.2) is 91.0 Å². The van der Waals surface area contributed by atoms with E-state index in [0.717, 1.165) is 6.42 Å². The Morgan fingerprint density at radius 1 is 0.481 bits per heavy atom. The largest absolute Gasteiger partial charge is 0.0619 e. The molecule has 0 bridgehead atoms. The highest BCUT2D eigenvalue weighted by atomic mass is 14.2. The summed E-state index contributed by atoms with van der Waals surface area (Å²) in [6, 6.07) is 33.2. The smallest absolute Gasteiger partial charge is 0.00137 e. The summed E-state index contributed by atoms with van der Waals surface area (Å²) in [7, 11) is 0. The lowest BCUT2D eigenvalue weighted by atomic mass is 9.92. The summed E-state index contributed by atoms with van der Waals surface area (Å²) in [5.41, 5.74) is 5.53. The van der Waals surface area contributed by atoms with E-state index in [-0.39, 0.29) is 0 Å². The second kappa shape index (κ2) is 5.56. The van der Waals surface area contributed by atoms with Crippen LogP contribution in [-0.4, -0.2) is 0 Å². The van der Waals surface area contributed by atoms with Crippen molar-refractivity contribution in [3.8, 4) is 0 Å². The van der Waals surface area contributed by atoms with Crippen molar-refractivity contribution in [3.63, 3.8) is 0 Å². The molecule has 5 aromatic rings. The highest BCUT2D eigenvalue weighted by Gasteiger charge is 2.15. The number of hydrogen-bond donors (Lipinski definition) is 0. The molecule has 0 spiro atoms. The van der Waals surface area contributed by atoms with Gasteiger partial charge in [0.05, 0.1) is 0 Å². The molecular formula is C27H18. The SMILES string of the molecule is C1=C(c2ccc3c4ccccc4c4ccccc4c3c2)Cc2ccccc21. The molecule has 126 valence electrons. The molecule has 0 aromatic heterocycles. The molecule has 0 heteroatoms. The number of allylic oxidation sites excluding steroid dienone is 1. The second-order valence-electron chi connectivity index (χ2n) is 7.40. The fraction of sp³-hybridized carbons (Fsp3) is 0.0370. The Kier molecular flexibility index (Phi) is 3.04. The Bertz CT molecular complexity index is 1350. The van der Waals surface area contributed by atoms with Gasteiger partial charge in [-0.15, -0.1) is 0 Å². The summed E-state index contributed by atoms with van der Waals surface area (Å²) in [4.78, 5) is 0. The second-order valence-corrected chi connectivity index (χ2v) is 7.40. The third-order valence-corrected chi connectivity index (χ3v) is 5.88. The molecule has 0 saturated heterocycles. The van der Waals surface area contributed by atoms with Gasteiger partial charge < -0.3 is 0 Å². The van der Waals surface area contributed by atoms with Crippen molar-refractivity contribution < 1.29 is 0 Å². The Labute approximate surface area is 158 Å². The van der Waals surface area contributed by atoms with E-state index >= 15 is 0 Å². The van der Waals surface area contributed by atoms with Crippen molar-refractivity contribution in [2.45, 2.75) is 6.42 Å². The highest BCUT2D eigenvalue weighted by molar-refractivity contribution is 6.25. The lowest BCUT2D eigenvalue weighted by Gasteiger charge is -2.12. The number of fused-ring (bicyclic) bond motifs is 7. The van der Waals surface area contributed by atoms with E-state index in [4.69, 9.17) is 0 Å². The van der Waals surface area contributed by atoms with E-state index in [1.54, 1.807) is 0 Å². The minimum absolute atomic E-state index is 1.02. The summed E-state index contributed by atoms with van der Waals surface area (Å²) in [5, 5.41) is 8.02. The Morgan fingerprint density at radius 2 is 1.04 bits per heavy atom. The molecule has 0 nitrogen and oxygen atoms in total. The fourth-order valence-corrected chi connectivity index (χ4v) is 4.57. The van der Waals surface area contributed by atoms with E-state index < -0.39 is 0 Å². The van der Waals surface area contributed by atoms with Crippen molar-refractivity contribution in [2.75, 3.05) is 0 Å². The van der Waals surface area contributed by atoms with E-state index in [1.165, 1.54) is 54.6 Å². The average Bonchev–Trinajstić information content (AvgIpc) is 3.18. The average molecular weight is 342 g/mol. The van der Waals surface area contributed by atoms with Crippen LogP contribution in [0.2, 0.25) is 0 Å². The third-order valence-electron chi connectivity index (χ3n) is 5.88. The zero-order valence-electron chi connectivity index (χ0n) is 14.9. The maximum absolute atomic E-state index is 2.39. The molecule has 1 aliphatic carbocycles. The molecule has 0 amide bonds. The Hall–Kier alpha value is -3.38. The van der Waals surface area contributed by atoms with Crippen molar-refractivity contribution in [1.29, 1.82) is 0 Å². The molecule has 5 aromatic carbocycles. The van der Waals surface area contributed by atoms with Gasteiger partial charge >= 0.3 is 0 Å². The van der Waals surface area contributed by atoms with Crippen molar-refractivity contribution in [3.05, 3.63) is 108 Å². The van der Waals surface area contributed by atoms with Gasteiger partial charge in [0.25, 0.3) is 0 Å². The maximum atomic E-state index is 2.39. The first kappa shape index (κ1) is 14.8. The van der Waals surface area contributed by atoms with E-state index in [2.05, 4.69) is 97.1 Å². The van der Waals surface area contributed by atoms with Crippen LogP contribution in [0, 0.1) is 0 Å². The molecule has 6 rings (SSSR count). The van der Waals surface area contributed by atoms with Crippen LogP contribution in [0.5, 0.6) is 0 Å². The molecule has 0 fully saturated rings. The van der Waals surface area contributed by atoms with Crippen LogP contribution in [0.4, 0.5) is 0 Å². The lowest BCUT2D eigenvalue weighted by Crippen LogP contribution is -1.88. The molecule has 27 heavy (non-hydrogen) atoms. The van der Waals surface area contributed by atoms with E-state index in [9.17, 15) is 0 Å². The number of rotatable bonds is 1. The fourth-order valence-electron chi connectivity index (χ4n) is 4.57. The first-order valence-corrected chi connectivity index (χ1v) is 9.50. The molecule has 0 aliphatic heterocycles. The van der Waals surface area contributed by atoms with E-state index in [0.29, 0.717) is 0 Å². The summed E-state index contributed by atoms with van der Waals surface area (Å²) >= 11 is 0. The lowest BCUT2D eigenvalue weighted by molar-refractivity contribution is 1.32. The standard InChI is InChI=1S/C27H18/c1-2-8-19-16-21(15-18(19)7-1)20-13-14-26-24-11-4-3-9-22(24)23-10-5-6-12-25(23)27(26)17-20/h1-15,17H,16H2. The number of hydrogen-bond acceptors (Lipinski definition) is 0. The van der Waals surface area contributed by atoms with Gasteiger partial charge in [-0.05, 0) is 67.1 Å². The van der Waals surface area contributed by atoms with Gasteiger partial charge in [-0.2, -0.15) is 0 Å². The van der Waals surface area contributed by atoms with Gasteiger partial charge in [0, 0.05) is 0 Å². The summed E-state index contributed by atoms with van der Waals surface area (Å²) in [6.07, 6.45) is 3.37. The molecule has 0 saturated carbocycles. The van der Waals surface area contributed by atoms with Crippen LogP contribution in [0.3, 0.4) is 0 Å². The minimum Gasteiger partial charge on any atom is -0.0619 e. The van der Waals surface area contributed by atoms with E-state index in [1.807, 2.05) is 0 Å². The highest BCUT2D eigenvalue weighted by Crippen LogP contribution is 2.38. The van der Waals surface area contributed by atoms with Gasteiger partial charge in [0.1, 0.15) is 0 Å². The van der Waals surface area contributed by atoms with Gasteiger partial charge in [0.2, 0.25) is 0 Å². The normalized spacial score (nSPS) is 13.3. The predicted molar refractivity (Wildman–Crippen MR) is 117 cm³/mol. The van der Waals surface area contributed by atoms with Crippen molar-refractivity contribution >= 4 is 44.0 Å². The van der Waals surface area contributed by atoms with Crippen LogP contribution in [-0.2, 0) is 6.42 Å². The molecule has 0 atom stereocenters. The van der Waals surface area contributed by atoms with Gasteiger partial charge in [-0.1, -0.05) is 91.0 Å². The molecule has 1 aliphatic rings. The first-order chi connectivity index (χ1) is 13.4. The first-order valence-electron chi connectivity index (χ1n) is 9.50. The minimum atomic E-state index is 1.02. The van der Waals surface area contributed by atoms with Gasteiger partial charge in [-0.25, -0.2) is 0 Å². The van der Waals surface area contributed by atoms with Crippen LogP contribution in [0.25, 0.3) is 44.0 Å². The predicted octanol–water partition coefficient (Wildman–Crippen LogP) is 7.24. The summed E-state index contributed by atoms with van der Waals surface area (Å²) < 4.78 is 0. The molecular weight excluding hydrogens is 324 g/mol. The van der Waals surface area contributed by atoms with Crippen LogP contribution in [0.1, 0.15) is 16.7 Å². The monoisotopic (exact) mass is 342 g/mol. The van der Waals surface area contributed by atoms with Crippen molar-refractivity contribution in [1.82, 2.24) is 0 Å². The zero-order valence-corrected chi connectivity index (χ0v) is 14.9.